The molecule has 1 saturated heterocycles. The second-order valence-electron chi connectivity index (χ2n) is 6.26. The van der Waals surface area contributed by atoms with Crippen LogP contribution in [0.15, 0.2) is 24.5 Å². The second-order valence-corrected chi connectivity index (χ2v) is 6.26. The first-order chi connectivity index (χ1) is 11.1. The van der Waals surface area contributed by atoms with Gasteiger partial charge in [-0.1, -0.05) is 6.07 Å². The van der Waals surface area contributed by atoms with Crippen molar-refractivity contribution in [2.24, 2.45) is 0 Å². The van der Waals surface area contributed by atoms with Gasteiger partial charge in [0.1, 0.15) is 0 Å². The molecule has 1 atom stereocenters. The van der Waals surface area contributed by atoms with Crippen molar-refractivity contribution in [3.05, 3.63) is 30.1 Å². The topological polar surface area (TPSA) is 65.5 Å². The van der Waals surface area contributed by atoms with Crippen molar-refractivity contribution in [1.82, 2.24) is 20.1 Å². The van der Waals surface area contributed by atoms with Gasteiger partial charge in [0.2, 0.25) is 11.8 Å². The molecule has 1 aliphatic rings. The zero-order valence-electron chi connectivity index (χ0n) is 14.0. The van der Waals surface area contributed by atoms with Gasteiger partial charge in [-0.15, -0.1) is 0 Å². The van der Waals surface area contributed by atoms with E-state index >= 15 is 0 Å². The van der Waals surface area contributed by atoms with Crippen molar-refractivity contribution in [3.63, 3.8) is 0 Å². The average Bonchev–Trinajstić information content (AvgIpc) is 2.86. The van der Waals surface area contributed by atoms with Crippen LogP contribution in [-0.2, 0) is 16.0 Å². The van der Waals surface area contributed by atoms with Crippen LogP contribution in [0, 0.1) is 0 Å². The number of aromatic nitrogens is 1. The van der Waals surface area contributed by atoms with Crippen LogP contribution in [0.1, 0.15) is 24.8 Å². The van der Waals surface area contributed by atoms with Crippen LogP contribution in [0.25, 0.3) is 0 Å². The lowest BCUT2D eigenvalue weighted by Gasteiger charge is -2.26. The Labute approximate surface area is 137 Å². The Morgan fingerprint density at radius 1 is 1.48 bits per heavy atom. The quantitative estimate of drug-likeness (QED) is 0.766. The first-order valence-electron chi connectivity index (χ1n) is 8.16. The number of carbonyl (C=O) groups excluding carboxylic acids is 2. The molecular formula is C17H26N4O2. The number of amides is 2. The molecular weight excluding hydrogens is 292 g/mol. The maximum atomic E-state index is 11.9. The molecule has 1 fully saturated rings. The summed E-state index contributed by atoms with van der Waals surface area (Å²) in [6, 6.07) is 3.97. The average molecular weight is 318 g/mol. The van der Waals surface area contributed by atoms with Gasteiger partial charge in [0, 0.05) is 44.5 Å². The lowest BCUT2D eigenvalue weighted by Crippen LogP contribution is -2.40. The minimum Gasteiger partial charge on any atom is -0.356 e. The highest BCUT2D eigenvalue weighted by Crippen LogP contribution is 2.20. The molecule has 0 saturated carbocycles. The van der Waals surface area contributed by atoms with Crippen LogP contribution in [0.5, 0.6) is 0 Å². The molecule has 6 nitrogen and oxygen atoms in total. The van der Waals surface area contributed by atoms with Crippen LogP contribution < -0.4 is 5.32 Å². The van der Waals surface area contributed by atoms with E-state index in [1.54, 1.807) is 12.4 Å². The minimum absolute atomic E-state index is 0.00200. The van der Waals surface area contributed by atoms with Crippen LogP contribution in [-0.4, -0.2) is 66.4 Å². The highest BCUT2D eigenvalue weighted by atomic mass is 16.2. The van der Waals surface area contributed by atoms with Gasteiger partial charge in [0.15, 0.2) is 0 Å². The normalized spacial score (nSPS) is 17.8. The van der Waals surface area contributed by atoms with Crippen molar-refractivity contribution < 1.29 is 9.59 Å². The lowest BCUT2D eigenvalue weighted by molar-refractivity contribution is -0.129. The van der Waals surface area contributed by atoms with E-state index in [-0.39, 0.29) is 17.9 Å². The van der Waals surface area contributed by atoms with Crippen LogP contribution >= 0.6 is 0 Å². The highest BCUT2D eigenvalue weighted by molar-refractivity contribution is 5.79. The molecule has 1 aromatic rings. The molecule has 0 radical (unpaired) electrons. The number of likely N-dealkylation sites (tertiary alicyclic amines) is 1. The predicted molar refractivity (Wildman–Crippen MR) is 88.9 cm³/mol. The standard InChI is InChI=1S/C17H26N4O2/c1-20(2)10-11-21-15(5-6-17(21)23)7-9-19-16(22)12-14-4-3-8-18-13-14/h3-4,8,13,15H,5-7,9-12H2,1-2H3,(H,19,22). The summed E-state index contributed by atoms with van der Waals surface area (Å²) in [7, 11) is 4.02. The van der Waals surface area contributed by atoms with Crippen molar-refractivity contribution in [2.45, 2.75) is 31.7 Å². The van der Waals surface area contributed by atoms with E-state index in [1.165, 1.54) is 0 Å². The van der Waals surface area contributed by atoms with Crippen molar-refractivity contribution in [3.8, 4) is 0 Å². The van der Waals surface area contributed by atoms with Gasteiger partial charge in [-0.3, -0.25) is 14.6 Å². The molecule has 0 aliphatic carbocycles. The molecule has 1 N–H and O–H groups in total. The third-order valence-corrected chi connectivity index (χ3v) is 4.13. The molecule has 6 heteroatoms. The molecule has 1 aliphatic heterocycles. The fraction of sp³-hybridized carbons (Fsp3) is 0.588. The Morgan fingerprint density at radius 3 is 3.00 bits per heavy atom. The smallest absolute Gasteiger partial charge is 0.224 e. The summed E-state index contributed by atoms with van der Waals surface area (Å²) in [5.41, 5.74) is 0.911. The molecule has 126 valence electrons. The van der Waals surface area contributed by atoms with Gasteiger partial charge >= 0.3 is 0 Å². The number of rotatable bonds is 8. The molecule has 23 heavy (non-hydrogen) atoms. The third-order valence-electron chi connectivity index (χ3n) is 4.13. The van der Waals surface area contributed by atoms with Crippen LogP contribution in [0.4, 0.5) is 0 Å². The van der Waals surface area contributed by atoms with E-state index in [4.69, 9.17) is 0 Å². The Hall–Kier alpha value is -1.95. The molecule has 0 aromatic carbocycles. The monoisotopic (exact) mass is 318 g/mol. The fourth-order valence-corrected chi connectivity index (χ4v) is 2.84. The summed E-state index contributed by atoms with van der Waals surface area (Å²) < 4.78 is 0. The largest absolute Gasteiger partial charge is 0.356 e. The van der Waals surface area contributed by atoms with Gasteiger partial charge in [0.25, 0.3) is 0 Å². The van der Waals surface area contributed by atoms with E-state index in [2.05, 4.69) is 15.2 Å². The van der Waals surface area contributed by atoms with Crippen LogP contribution in [0.3, 0.4) is 0 Å². The van der Waals surface area contributed by atoms with E-state index in [1.807, 2.05) is 31.1 Å². The van der Waals surface area contributed by atoms with Crippen LogP contribution in [0.2, 0.25) is 0 Å². The first kappa shape index (κ1) is 17.4. The van der Waals surface area contributed by atoms with E-state index in [0.29, 0.717) is 19.4 Å². The minimum atomic E-state index is 0.00200. The summed E-state index contributed by atoms with van der Waals surface area (Å²) in [6.07, 6.45) is 6.09. The van der Waals surface area contributed by atoms with Gasteiger partial charge in [-0.2, -0.15) is 0 Å². The zero-order chi connectivity index (χ0) is 16.7. The van der Waals surface area contributed by atoms with E-state index in [0.717, 1.165) is 31.5 Å². The molecule has 0 bridgehead atoms. The number of hydrogen-bond donors (Lipinski definition) is 1. The Kier molecular flexibility index (Phi) is 6.52. The molecule has 0 spiro atoms. The number of hydrogen-bond acceptors (Lipinski definition) is 4. The van der Waals surface area contributed by atoms with Gasteiger partial charge in [-0.25, -0.2) is 0 Å². The summed E-state index contributed by atoms with van der Waals surface area (Å²) >= 11 is 0. The number of carbonyl (C=O) groups is 2. The second kappa shape index (κ2) is 8.62. The maximum absolute atomic E-state index is 11.9. The summed E-state index contributed by atoms with van der Waals surface area (Å²) in [6.45, 7) is 2.24. The SMILES string of the molecule is CN(C)CCN1C(=O)CCC1CCNC(=O)Cc1cccnc1. The van der Waals surface area contributed by atoms with E-state index in [9.17, 15) is 9.59 Å². The summed E-state index contributed by atoms with van der Waals surface area (Å²) in [5, 5.41) is 2.94. The summed E-state index contributed by atoms with van der Waals surface area (Å²) in [4.78, 5) is 31.9. The van der Waals surface area contributed by atoms with Crippen molar-refractivity contribution >= 4 is 11.8 Å². The molecule has 2 heterocycles. The number of nitrogens with one attached hydrogen (secondary N) is 1. The Bertz CT molecular complexity index is 519. The van der Waals surface area contributed by atoms with Crippen molar-refractivity contribution in [2.75, 3.05) is 33.7 Å². The number of likely N-dealkylation sites (N-methyl/N-ethyl adjacent to an activating group) is 1. The molecule has 2 amide bonds. The van der Waals surface area contributed by atoms with E-state index < -0.39 is 0 Å². The predicted octanol–water partition coefficient (Wildman–Crippen LogP) is 0.683. The molecule has 2 rings (SSSR count). The molecule has 1 aromatic heterocycles. The third kappa shape index (κ3) is 5.63. The maximum Gasteiger partial charge on any atom is 0.224 e. The van der Waals surface area contributed by atoms with Gasteiger partial charge in [-0.05, 0) is 38.6 Å². The van der Waals surface area contributed by atoms with Gasteiger partial charge in [0.05, 0.1) is 6.42 Å². The number of nitrogens with zero attached hydrogens (tertiary/aromatic N) is 3. The lowest BCUT2D eigenvalue weighted by atomic mass is 10.1. The fourth-order valence-electron chi connectivity index (χ4n) is 2.84. The number of pyridine rings is 1. The molecule has 1 unspecified atom stereocenters. The Morgan fingerprint density at radius 2 is 2.30 bits per heavy atom. The van der Waals surface area contributed by atoms with Gasteiger partial charge < -0.3 is 15.1 Å². The highest BCUT2D eigenvalue weighted by Gasteiger charge is 2.30. The Balaban J connectivity index is 1.72. The van der Waals surface area contributed by atoms with Crippen molar-refractivity contribution in [1.29, 1.82) is 0 Å². The first-order valence-corrected chi connectivity index (χ1v) is 8.16. The summed E-state index contributed by atoms with van der Waals surface area (Å²) in [5.74, 6) is 0.237. The zero-order valence-corrected chi connectivity index (χ0v) is 14.0.